The lowest BCUT2D eigenvalue weighted by Crippen LogP contribution is -2.28. The van der Waals surface area contributed by atoms with Crippen LogP contribution in [0.15, 0.2) is 83.6 Å². The van der Waals surface area contributed by atoms with E-state index in [2.05, 4.69) is 55.5 Å². The smallest absolute Gasteiger partial charge is 0.306 e. The van der Waals surface area contributed by atoms with Gasteiger partial charge in [-0.1, -0.05) is 77.8 Å². The van der Waals surface area contributed by atoms with Crippen molar-refractivity contribution in [1.82, 2.24) is 15.3 Å². The first-order chi connectivity index (χ1) is 25.1. The number of aliphatic hydroxyl groups excluding tert-OH is 1. The van der Waals surface area contributed by atoms with Crippen LogP contribution in [-0.2, 0) is 37.4 Å². The van der Waals surface area contributed by atoms with Gasteiger partial charge in [-0.05, 0) is 57.6 Å². The van der Waals surface area contributed by atoms with Crippen LogP contribution in [0.25, 0.3) is 22.3 Å². The fourth-order valence-electron chi connectivity index (χ4n) is 6.10. The average molecular weight is 804 g/mol. The Morgan fingerprint density at radius 2 is 1.69 bits per heavy atom. The first kappa shape index (κ1) is 37.2. The number of nitrogens with zero attached hydrogens (tertiary/aromatic N) is 3. The minimum absolute atomic E-state index is 0.0412. The number of nitrogens with two attached hydrogens (primary N) is 1. The maximum atomic E-state index is 11.0. The quantitative estimate of drug-likeness (QED) is 0.0899. The van der Waals surface area contributed by atoms with Gasteiger partial charge in [-0.3, -0.25) is 9.78 Å². The highest BCUT2D eigenvalue weighted by Crippen LogP contribution is 2.41. The van der Waals surface area contributed by atoms with Crippen LogP contribution in [-0.4, -0.2) is 44.8 Å². The third-order valence-corrected chi connectivity index (χ3v) is 10.0. The van der Waals surface area contributed by atoms with Gasteiger partial charge in [0.2, 0.25) is 11.8 Å². The van der Waals surface area contributed by atoms with Crippen LogP contribution in [0.1, 0.15) is 39.8 Å². The molecular formula is C39H34BrCl2N5O5. The number of halogens is 3. The van der Waals surface area contributed by atoms with Crippen molar-refractivity contribution in [2.75, 3.05) is 6.54 Å². The molecule has 2 atom stereocenters. The fraction of sp³-hybridized carbons (Fsp3) is 0.231. The van der Waals surface area contributed by atoms with Gasteiger partial charge in [0, 0.05) is 64.9 Å². The van der Waals surface area contributed by atoms with Gasteiger partial charge < -0.3 is 30.7 Å². The van der Waals surface area contributed by atoms with Crippen molar-refractivity contribution in [2.45, 2.75) is 51.2 Å². The third-order valence-electron chi connectivity index (χ3n) is 8.60. The summed E-state index contributed by atoms with van der Waals surface area (Å²) in [7, 11) is 0. The summed E-state index contributed by atoms with van der Waals surface area (Å²) in [5.74, 6) is -0.621. The molecule has 6 rings (SSSR count). The topological polar surface area (TPSA) is 164 Å². The second kappa shape index (κ2) is 16.9. The third kappa shape index (κ3) is 8.90. The summed E-state index contributed by atoms with van der Waals surface area (Å²) < 4.78 is 12.8. The molecule has 10 nitrogen and oxygen atoms in total. The summed E-state index contributed by atoms with van der Waals surface area (Å²) in [4.78, 5) is 19.7. The first-order valence-electron chi connectivity index (χ1n) is 16.4. The summed E-state index contributed by atoms with van der Waals surface area (Å²) in [6.07, 6.45) is 3.32. The number of rotatable bonds is 14. The van der Waals surface area contributed by atoms with Crippen molar-refractivity contribution >= 4 is 45.1 Å². The van der Waals surface area contributed by atoms with Gasteiger partial charge in [0.15, 0.2) is 0 Å². The molecule has 1 aliphatic rings. The highest BCUT2D eigenvalue weighted by atomic mass is 79.9. The van der Waals surface area contributed by atoms with Crippen LogP contribution < -0.4 is 20.5 Å². The van der Waals surface area contributed by atoms with Gasteiger partial charge >= 0.3 is 5.97 Å². The zero-order valence-corrected chi connectivity index (χ0v) is 30.9. The molecule has 0 radical (unpaired) electrons. The molecule has 52 heavy (non-hydrogen) atoms. The van der Waals surface area contributed by atoms with Gasteiger partial charge in [0.1, 0.15) is 19.3 Å². The van der Waals surface area contributed by atoms with Crippen LogP contribution >= 0.6 is 39.1 Å². The average Bonchev–Trinajstić information content (AvgIpc) is 3.50. The molecule has 0 aliphatic heterocycles. The molecule has 0 bridgehead atoms. The Balaban J connectivity index is 1.22. The second-order valence-corrected chi connectivity index (χ2v) is 14.1. The van der Waals surface area contributed by atoms with Crippen LogP contribution in [0.3, 0.4) is 0 Å². The molecule has 1 aliphatic carbocycles. The lowest BCUT2D eigenvalue weighted by Gasteiger charge is -2.17. The van der Waals surface area contributed by atoms with Gasteiger partial charge in [-0.2, -0.15) is 10.2 Å². The number of hydrogen-bond donors (Lipinski definition) is 4. The Bertz CT molecular complexity index is 2160. The normalized spacial score (nSPS) is 14.0. The predicted molar refractivity (Wildman–Crippen MR) is 202 cm³/mol. The van der Waals surface area contributed by atoms with E-state index in [0.717, 1.165) is 35.1 Å². The molecule has 0 saturated heterocycles. The minimum Gasteiger partial charge on any atom is -0.481 e. The molecule has 266 valence electrons. The number of nitrogens with one attached hydrogen (secondary N) is 1. The highest BCUT2D eigenvalue weighted by Gasteiger charge is 2.21. The minimum atomic E-state index is -1.10. The van der Waals surface area contributed by atoms with E-state index in [1.807, 2.05) is 36.4 Å². The summed E-state index contributed by atoms with van der Waals surface area (Å²) in [6, 6.07) is 23.6. The molecule has 0 fully saturated rings. The van der Waals surface area contributed by atoms with Crippen molar-refractivity contribution in [2.24, 2.45) is 5.73 Å². The summed E-state index contributed by atoms with van der Waals surface area (Å²) >= 11 is 17.6. The highest BCUT2D eigenvalue weighted by molar-refractivity contribution is 9.10. The van der Waals surface area contributed by atoms with Crippen molar-refractivity contribution < 1.29 is 24.5 Å². The van der Waals surface area contributed by atoms with Crippen molar-refractivity contribution in [3.8, 4) is 40.1 Å². The van der Waals surface area contributed by atoms with E-state index in [1.165, 1.54) is 17.3 Å². The molecule has 0 saturated carbocycles. The number of fused-ring (bicyclic) bond motifs is 1. The number of hydrogen-bond acceptors (Lipinski definition) is 9. The molecule has 5 N–H and O–H groups in total. The monoisotopic (exact) mass is 801 g/mol. The van der Waals surface area contributed by atoms with Crippen molar-refractivity contribution in [3.05, 3.63) is 127 Å². The molecule has 2 aromatic heterocycles. The number of aromatic nitrogens is 2. The Morgan fingerprint density at radius 1 is 0.962 bits per heavy atom. The number of aliphatic carboxylic acids is 1. The molecular weight excluding hydrogens is 769 g/mol. The molecule has 5 aromatic rings. The lowest BCUT2D eigenvalue weighted by molar-refractivity contribution is -0.139. The Kier molecular flexibility index (Phi) is 12.1. The molecule has 3 aromatic carbocycles. The Morgan fingerprint density at radius 3 is 2.48 bits per heavy atom. The molecule has 0 unspecified atom stereocenters. The summed E-state index contributed by atoms with van der Waals surface area (Å²) in [5, 5.41) is 32.4. The maximum Gasteiger partial charge on any atom is 0.306 e. The Hall–Kier alpha value is -4.54. The van der Waals surface area contributed by atoms with Gasteiger partial charge in [0.25, 0.3) is 0 Å². The van der Waals surface area contributed by atoms with Crippen LogP contribution in [0.4, 0.5) is 0 Å². The number of benzene rings is 3. The first-order valence-corrected chi connectivity index (χ1v) is 18.0. The van der Waals surface area contributed by atoms with Gasteiger partial charge in [-0.25, -0.2) is 0 Å². The second-order valence-electron chi connectivity index (χ2n) is 12.5. The van der Waals surface area contributed by atoms with Crippen LogP contribution in [0.2, 0.25) is 10.0 Å². The van der Waals surface area contributed by atoms with E-state index >= 15 is 0 Å². The van der Waals surface area contributed by atoms with Gasteiger partial charge in [0.05, 0.1) is 32.6 Å². The van der Waals surface area contributed by atoms with Crippen molar-refractivity contribution in [3.63, 3.8) is 0 Å². The van der Waals surface area contributed by atoms with E-state index in [-0.39, 0.29) is 50.5 Å². The fourth-order valence-corrected chi connectivity index (χ4v) is 7.20. The molecule has 13 heteroatoms. The van der Waals surface area contributed by atoms with E-state index < -0.39 is 12.1 Å². The van der Waals surface area contributed by atoms with E-state index in [9.17, 15) is 15.2 Å². The SMILES string of the molecule is N#Cc1cncc(COc2nc(OCc3cccc(-c4cccc(-c5ccc6c(c5)C[C@@H](N)C6)c4Cl)c3Cl)c(Br)cc2CNC[C@@H](O)CC(=O)O)c1. The zero-order chi connectivity index (χ0) is 36.8. The number of aliphatic hydroxyl groups is 1. The predicted octanol–water partition coefficient (Wildman–Crippen LogP) is 7.26. The standard InChI is InChI=1S/C39H34BrCl2N5O5/c40-34-13-28(18-46-19-30(48)14-35(49)50)38(51-20-23-9-22(15-43)16-45-17-23)47-39(34)52-21-26-3-1-5-32(36(26)41)33-6-2-4-31(37(33)42)25-8-7-24-11-29(44)12-27(24)10-25/h1-10,13,16-17,29-30,46,48H,11-12,14,18-21,44H2,(H,49,50)/t29-,30-/m0/s1. The molecule has 2 heterocycles. The zero-order valence-electron chi connectivity index (χ0n) is 27.8. The summed E-state index contributed by atoms with van der Waals surface area (Å²) in [6.45, 7) is 0.395. The lowest BCUT2D eigenvalue weighted by atomic mass is 9.96. The molecule has 0 amide bonds. The number of carboxylic acids is 1. The van der Waals surface area contributed by atoms with E-state index in [1.54, 1.807) is 18.3 Å². The maximum absolute atomic E-state index is 11.0. The number of carbonyl (C=O) groups is 1. The number of ether oxygens (including phenoxy) is 2. The van der Waals surface area contributed by atoms with Crippen molar-refractivity contribution in [1.29, 1.82) is 5.26 Å². The van der Waals surface area contributed by atoms with Gasteiger partial charge in [-0.15, -0.1) is 0 Å². The number of carboxylic acid groups (broad SMARTS) is 1. The Labute approximate surface area is 319 Å². The summed E-state index contributed by atoms with van der Waals surface area (Å²) in [5.41, 5.74) is 14.6. The van der Waals surface area contributed by atoms with E-state index in [4.69, 9.17) is 43.5 Å². The van der Waals surface area contributed by atoms with E-state index in [0.29, 0.717) is 36.8 Å². The molecule has 0 spiro atoms. The van der Waals surface area contributed by atoms with Crippen LogP contribution in [0.5, 0.6) is 11.8 Å². The number of pyridine rings is 2. The number of nitriles is 1. The van der Waals surface area contributed by atoms with Crippen LogP contribution in [0, 0.1) is 11.3 Å². The largest absolute Gasteiger partial charge is 0.481 e.